The Kier molecular flexibility index (Phi) is 2.72. The Bertz CT molecular complexity index is 413. The number of hydrogen-bond acceptors (Lipinski definition) is 2. The van der Waals surface area contributed by atoms with Gasteiger partial charge in [0.05, 0.1) is 0 Å². The molecule has 0 spiro atoms. The van der Waals surface area contributed by atoms with E-state index in [1.54, 1.807) is 11.1 Å². The topological polar surface area (TPSA) is 26.0 Å². The third kappa shape index (κ3) is 1.59. The van der Waals surface area contributed by atoms with Crippen molar-refractivity contribution in [1.82, 2.24) is 0 Å². The summed E-state index contributed by atoms with van der Waals surface area (Å²) in [5.74, 6) is 0. The lowest BCUT2D eigenvalue weighted by Crippen LogP contribution is -2.19. The molecule has 3 rings (SSSR count). The predicted octanol–water partition coefficient (Wildman–Crippen LogP) is 3.45. The number of nitrogens with two attached hydrogens (primary N) is 1. The van der Waals surface area contributed by atoms with Crippen LogP contribution in [0.5, 0.6) is 0 Å². The fraction of sp³-hybridized carbons (Fsp3) is 0.571. The van der Waals surface area contributed by atoms with E-state index < -0.39 is 0 Å². The molecule has 0 saturated heterocycles. The summed E-state index contributed by atoms with van der Waals surface area (Å²) in [5.41, 5.74) is 10.9. The van der Waals surface area contributed by atoms with Crippen LogP contribution in [0.3, 0.4) is 0 Å². The van der Waals surface area contributed by atoms with E-state index in [2.05, 4.69) is 19.1 Å². The molecule has 0 aromatic heterocycles. The molecule has 16 heavy (non-hydrogen) atoms. The molecule has 2 unspecified atom stereocenters. The fourth-order valence-corrected chi connectivity index (χ4v) is 4.46. The van der Waals surface area contributed by atoms with E-state index >= 15 is 0 Å². The summed E-state index contributed by atoms with van der Waals surface area (Å²) < 4.78 is 0. The molecule has 2 heteroatoms. The summed E-state index contributed by atoms with van der Waals surface area (Å²) in [4.78, 5) is 1.46. The maximum absolute atomic E-state index is 6.35. The Morgan fingerprint density at radius 2 is 2.06 bits per heavy atom. The number of aryl methyl sites for hydroxylation is 2. The van der Waals surface area contributed by atoms with Crippen molar-refractivity contribution in [2.45, 2.75) is 55.2 Å². The van der Waals surface area contributed by atoms with Crippen LogP contribution in [0.15, 0.2) is 17.0 Å². The normalized spacial score (nSPS) is 26.9. The van der Waals surface area contributed by atoms with Gasteiger partial charge in [0.1, 0.15) is 0 Å². The summed E-state index contributed by atoms with van der Waals surface area (Å²) in [6.45, 7) is 2.25. The Balaban J connectivity index is 1.95. The molecule has 1 aromatic rings. The second-order valence-corrected chi connectivity index (χ2v) is 6.26. The van der Waals surface area contributed by atoms with Crippen molar-refractivity contribution in [2.24, 2.45) is 5.73 Å². The van der Waals surface area contributed by atoms with Crippen molar-refractivity contribution in [3.63, 3.8) is 0 Å². The quantitative estimate of drug-likeness (QED) is 0.846. The van der Waals surface area contributed by atoms with Crippen molar-refractivity contribution in [2.75, 3.05) is 0 Å². The molecular weight excluding hydrogens is 214 g/mol. The van der Waals surface area contributed by atoms with Gasteiger partial charge in [0.2, 0.25) is 0 Å². The molecule has 1 aliphatic carbocycles. The smallest absolute Gasteiger partial charge is 0.0430 e. The van der Waals surface area contributed by atoms with Crippen LogP contribution in [-0.2, 0) is 12.8 Å². The van der Waals surface area contributed by atoms with Crippen molar-refractivity contribution in [1.29, 1.82) is 0 Å². The van der Waals surface area contributed by atoms with Crippen LogP contribution >= 0.6 is 11.8 Å². The van der Waals surface area contributed by atoms with Gasteiger partial charge in [0.25, 0.3) is 0 Å². The summed E-state index contributed by atoms with van der Waals surface area (Å²) >= 11 is 2.01. The molecule has 2 atom stereocenters. The Morgan fingerprint density at radius 1 is 1.31 bits per heavy atom. The molecule has 0 amide bonds. The third-order valence-electron chi connectivity index (χ3n) is 3.84. The Labute approximate surface area is 102 Å². The van der Waals surface area contributed by atoms with Gasteiger partial charge in [-0.1, -0.05) is 19.4 Å². The van der Waals surface area contributed by atoms with Crippen LogP contribution in [0.1, 0.15) is 48.9 Å². The zero-order valence-corrected chi connectivity index (χ0v) is 10.6. The molecule has 2 N–H and O–H groups in total. The van der Waals surface area contributed by atoms with Crippen molar-refractivity contribution in [3.8, 4) is 0 Å². The number of benzene rings is 1. The minimum absolute atomic E-state index is 0.269. The van der Waals surface area contributed by atoms with Gasteiger partial charge in [-0.25, -0.2) is 0 Å². The lowest BCUT2D eigenvalue weighted by Gasteiger charge is -2.13. The van der Waals surface area contributed by atoms with E-state index in [1.165, 1.54) is 42.6 Å². The maximum atomic E-state index is 6.35. The monoisotopic (exact) mass is 233 g/mol. The highest BCUT2D eigenvalue weighted by molar-refractivity contribution is 8.00. The number of thioether (sulfide) groups is 1. The highest BCUT2D eigenvalue weighted by atomic mass is 32.2. The average molecular weight is 233 g/mol. The van der Waals surface area contributed by atoms with E-state index in [4.69, 9.17) is 5.73 Å². The minimum Gasteiger partial charge on any atom is -0.323 e. The minimum atomic E-state index is 0.269. The van der Waals surface area contributed by atoms with Crippen LogP contribution in [0.25, 0.3) is 0 Å². The maximum Gasteiger partial charge on any atom is 0.0430 e. The first-order valence-electron chi connectivity index (χ1n) is 6.37. The molecule has 2 aliphatic rings. The molecule has 1 aromatic carbocycles. The van der Waals surface area contributed by atoms with Gasteiger partial charge in [0.15, 0.2) is 0 Å². The molecule has 1 nitrogen and oxygen atoms in total. The number of rotatable bonds is 2. The van der Waals surface area contributed by atoms with E-state index in [0.29, 0.717) is 5.25 Å². The van der Waals surface area contributed by atoms with Crippen LogP contribution in [0, 0.1) is 0 Å². The fourth-order valence-electron chi connectivity index (χ4n) is 2.94. The van der Waals surface area contributed by atoms with E-state index in [9.17, 15) is 0 Å². The Hall–Kier alpha value is -0.470. The molecular formula is C14H19NS. The number of hydrogen-bond donors (Lipinski definition) is 1. The van der Waals surface area contributed by atoms with Gasteiger partial charge in [-0.2, -0.15) is 0 Å². The van der Waals surface area contributed by atoms with E-state index in [-0.39, 0.29) is 6.04 Å². The predicted molar refractivity (Wildman–Crippen MR) is 69.9 cm³/mol. The molecule has 0 saturated carbocycles. The summed E-state index contributed by atoms with van der Waals surface area (Å²) in [7, 11) is 0. The third-order valence-corrected chi connectivity index (χ3v) is 5.27. The lowest BCUT2D eigenvalue weighted by atomic mass is 9.98. The van der Waals surface area contributed by atoms with Crippen molar-refractivity contribution in [3.05, 3.63) is 28.8 Å². The van der Waals surface area contributed by atoms with Gasteiger partial charge in [-0.15, -0.1) is 11.8 Å². The van der Waals surface area contributed by atoms with E-state index in [0.717, 1.165) is 0 Å². The van der Waals surface area contributed by atoms with Gasteiger partial charge < -0.3 is 5.73 Å². The van der Waals surface area contributed by atoms with Gasteiger partial charge in [-0.3, -0.25) is 0 Å². The Morgan fingerprint density at radius 3 is 2.81 bits per heavy atom. The standard InChI is InChI=1S/C14H19NS/c1-2-4-12-14(15)11-7-9-5-3-6-10(9)8-13(11)16-12/h7-8,12,14H,2-6,15H2,1H3. The van der Waals surface area contributed by atoms with Gasteiger partial charge in [-0.05, 0) is 48.4 Å². The van der Waals surface area contributed by atoms with Crippen LogP contribution in [0.4, 0.5) is 0 Å². The molecule has 1 heterocycles. The lowest BCUT2D eigenvalue weighted by molar-refractivity contribution is 0.629. The largest absolute Gasteiger partial charge is 0.323 e. The van der Waals surface area contributed by atoms with Gasteiger partial charge >= 0.3 is 0 Å². The van der Waals surface area contributed by atoms with Gasteiger partial charge in [0, 0.05) is 16.2 Å². The average Bonchev–Trinajstić information content (AvgIpc) is 2.83. The van der Waals surface area contributed by atoms with E-state index in [1.807, 2.05) is 11.8 Å². The first kappa shape index (κ1) is 10.7. The molecule has 0 radical (unpaired) electrons. The molecule has 86 valence electrons. The van der Waals surface area contributed by atoms with Crippen LogP contribution in [0.2, 0.25) is 0 Å². The first-order valence-corrected chi connectivity index (χ1v) is 7.25. The molecule has 0 fully saturated rings. The van der Waals surface area contributed by atoms with Crippen molar-refractivity contribution < 1.29 is 0 Å². The summed E-state index contributed by atoms with van der Waals surface area (Å²) in [6.07, 6.45) is 6.34. The highest BCUT2D eigenvalue weighted by Crippen LogP contribution is 2.46. The number of fused-ring (bicyclic) bond motifs is 2. The summed E-state index contributed by atoms with van der Waals surface area (Å²) in [6, 6.07) is 5.08. The SMILES string of the molecule is CCCC1Sc2cc3c(cc2C1N)CCC3. The van der Waals surface area contributed by atoms with Crippen LogP contribution < -0.4 is 5.73 Å². The van der Waals surface area contributed by atoms with Crippen molar-refractivity contribution >= 4 is 11.8 Å². The first-order chi connectivity index (χ1) is 7.79. The molecule has 0 bridgehead atoms. The highest BCUT2D eigenvalue weighted by Gasteiger charge is 2.31. The second kappa shape index (κ2) is 4.08. The second-order valence-electron chi connectivity index (χ2n) is 4.98. The zero-order valence-electron chi connectivity index (χ0n) is 9.83. The summed E-state index contributed by atoms with van der Waals surface area (Å²) in [5, 5.41) is 0.613. The van der Waals surface area contributed by atoms with Crippen LogP contribution in [-0.4, -0.2) is 5.25 Å². The zero-order chi connectivity index (χ0) is 11.1. The molecule has 1 aliphatic heterocycles.